The van der Waals surface area contributed by atoms with Gasteiger partial charge in [0.15, 0.2) is 0 Å². The van der Waals surface area contributed by atoms with Gasteiger partial charge < -0.3 is 5.32 Å². The summed E-state index contributed by atoms with van der Waals surface area (Å²) >= 11 is 0. The van der Waals surface area contributed by atoms with Gasteiger partial charge >= 0.3 is 0 Å². The molecule has 0 fully saturated rings. The van der Waals surface area contributed by atoms with Gasteiger partial charge in [0.05, 0.1) is 4.90 Å². The van der Waals surface area contributed by atoms with Crippen LogP contribution in [0, 0.1) is 12.8 Å². The second-order valence-corrected chi connectivity index (χ2v) is 7.27. The zero-order valence-electron chi connectivity index (χ0n) is 14.0. The molecule has 1 rings (SSSR count). The summed E-state index contributed by atoms with van der Waals surface area (Å²) in [5.74, 6) is -0.207. The first-order chi connectivity index (χ1) is 10.3. The molecule has 0 spiro atoms. The van der Waals surface area contributed by atoms with Crippen LogP contribution >= 0.6 is 0 Å². The highest BCUT2D eigenvalue weighted by atomic mass is 32.2. The molecule has 0 aliphatic heterocycles. The molecule has 1 aromatic rings. The number of hydrogen-bond donors (Lipinski definition) is 1. The zero-order valence-corrected chi connectivity index (χ0v) is 14.8. The molecule has 0 heterocycles. The SMILES string of the molecule is CCC(C)C(=O)Nc1ccc(C)c(S(=O)(=O)N(CC)CC)c1. The van der Waals surface area contributed by atoms with E-state index in [0.717, 1.165) is 6.42 Å². The van der Waals surface area contributed by atoms with E-state index < -0.39 is 10.0 Å². The first-order valence-corrected chi connectivity index (χ1v) is 9.13. The fourth-order valence-electron chi connectivity index (χ4n) is 2.11. The summed E-state index contributed by atoms with van der Waals surface area (Å²) in [4.78, 5) is 12.2. The Morgan fingerprint density at radius 1 is 1.23 bits per heavy atom. The minimum absolute atomic E-state index is 0.0995. The number of nitrogens with zero attached hydrogens (tertiary/aromatic N) is 1. The lowest BCUT2D eigenvalue weighted by molar-refractivity contribution is -0.119. The average molecular weight is 326 g/mol. The number of aryl methyl sites for hydroxylation is 1. The van der Waals surface area contributed by atoms with Crippen molar-refractivity contribution in [2.45, 2.75) is 45.9 Å². The number of amides is 1. The molecule has 0 saturated heterocycles. The van der Waals surface area contributed by atoms with Crippen molar-refractivity contribution in [1.82, 2.24) is 4.31 Å². The molecule has 1 unspecified atom stereocenters. The van der Waals surface area contributed by atoms with Crippen molar-refractivity contribution in [1.29, 1.82) is 0 Å². The van der Waals surface area contributed by atoms with E-state index in [1.54, 1.807) is 25.1 Å². The van der Waals surface area contributed by atoms with Crippen molar-refractivity contribution < 1.29 is 13.2 Å². The van der Waals surface area contributed by atoms with Crippen LogP contribution in [0.3, 0.4) is 0 Å². The Morgan fingerprint density at radius 3 is 2.32 bits per heavy atom. The third kappa shape index (κ3) is 4.08. The van der Waals surface area contributed by atoms with E-state index in [1.807, 2.05) is 27.7 Å². The molecule has 6 heteroatoms. The first kappa shape index (κ1) is 18.6. The van der Waals surface area contributed by atoms with Crippen molar-refractivity contribution in [2.24, 2.45) is 5.92 Å². The van der Waals surface area contributed by atoms with Gasteiger partial charge in [-0.25, -0.2) is 8.42 Å². The molecule has 1 atom stereocenters. The van der Waals surface area contributed by atoms with Crippen molar-refractivity contribution in [3.63, 3.8) is 0 Å². The Hall–Kier alpha value is -1.40. The minimum atomic E-state index is -3.53. The highest BCUT2D eigenvalue weighted by molar-refractivity contribution is 7.89. The highest BCUT2D eigenvalue weighted by Crippen LogP contribution is 2.24. The van der Waals surface area contributed by atoms with Crippen LogP contribution in [0.5, 0.6) is 0 Å². The fourth-order valence-corrected chi connectivity index (χ4v) is 3.82. The predicted octanol–water partition coefficient (Wildman–Crippen LogP) is 3.01. The van der Waals surface area contributed by atoms with Crippen LogP contribution in [0.25, 0.3) is 0 Å². The number of benzene rings is 1. The largest absolute Gasteiger partial charge is 0.326 e. The number of sulfonamides is 1. The summed E-state index contributed by atoms with van der Waals surface area (Å²) in [6.45, 7) is 10.0. The van der Waals surface area contributed by atoms with Crippen molar-refractivity contribution in [2.75, 3.05) is 18.4 Å². The molecule has 0 bridgehead atoms. The van der Waals surface area contributed by atoms with Gasteiger partial charge in [0.25, 0.3) is 0 Å². The molecular weight excluding hydrogens is 300 g/mol. The third-order valence-corrected chi connectivity index (χ3v) is 6.03. The Morgan fingerprint density at radius 2 is 1.82 bits per heavy atom. The predicted molar refractivity (Wildman–Crippen MR) is 89.4 cm³/mol. The van der Waals surface area contributed by atoms with Gasteiger partial charge in [0.1, 0.15) is 0 Å². The molecule has 0 aromatic heterocycles. The van der Waals surface area contributed by atoms with E-state index in [2.05, 4.69) is 5.32 Å². The van der Waals surface area contributed by atoms with Crippen LogP contribution in [0.2, 0.25) is 0 Å². The number of hydrogen-bond acceptors (Lipinski definition) is 3. The van der Waals surface area contributed by atoms with Gasteiger partial charge in [0.2, 0.25) is 15.9 Å². The quantitative estimate of drug-likeness (QED) is 0.837. The summed E-state index contributed by atoms with van der Waals surface area (Å²) in [6.07, 6.45) is 0.738. The summed E-state index contributed by atoms with van der Waals surface area (Å²) in [7, 11) is -3.53. The molecule has 0 aliphatic carbocycles. The molecule has 0 saturated carbocycles. The lowest BCUT2D eigenvalue weighted by Gasteiger charge is -2.20. The number of nitrogens with one attached hydrogen (secondary N) is 1. The van der Waals surface area contributed by atoms with Gasteiger partial charge in [-0.2, -0.15) is 4.31 Å². The summed E-state index contributed by atoms with van der Waals surface area (Å²) in [6, 6.07) is 5.00. The Bertz CT molecular complexity index is 622. The number of carbonyl (C=O) groups excluding carboxylic acids is 1. The maximum Gasteiger partial charge on any atom is 0.243 e. The summed E-state index contributed by atoms with van der Waals surface area (Å²) < 4.78 is 26.7. The van der Waals surface area contributed by atoms with Gasteiger partial charge in [-0.15, -0.1) is 0 Å². The van der Waals surface area contributed by atoms with E-state index in [4.69, 9.17) is 0 Å². The van der Waals surface area contributed by atoms with Crippen molar-refractivity contribution in [3.8, 4) is 0 Å². The smallest absolute Gasteiger partial charge is 0.243 e. The second-order valence-electron chi connectivity index (χ2n) is 5.37. The van der Waals surface area contributed by atoms with Gasteiger partial charge in [-0.3, -0.25) is 4.79 Å². The standard InChI is InChI=1S/C16H26N2O3S/c1-6-12(4)16(19)17-14-10-9-13(5)15(11-14)22(20,21)18(7-2)8-3/h9-12H,6-8H2,1-5H3,(H,17,19). The molecule has 1 aromatic carbocycles. The van der Waals surface area contributed by atoms with Crippen LogP contribution in [0.4, 0.5) is 5.69 Å². The van der Waals surface area contributed by atoms with Crippen LogP contribution in [-0.2, 0) is 14.8 Å². The Kier molecular flexibility index (Phi) is 6.56. The van der Waals surface area contributed by atoms with Crippen LogP contribution in [0.15, 0.2) is 23.1 Å². The molecule has 0 radical (unpaired) electrons. The maximum atomic E-state index is 12.7. The van der Waals surface area contributed by atoms with Gasteiger partial charge in [-0.1, -0.05) is 33.8 Å². The molecule has 124 valence electrons. The highest BCUT2D eigenvalue weighted by Gasteiger charge is 2.24. The summed E-state index contributed by atoms with van der Waals surface area (Å²) in [5, 5.41) is 2.79. The van der Waals surface area contributed by atoms with E-state index >= 15 is 0 Å². The third-order valence-electron chi connectivity index (χ3n) is 3.84. The number of anilines is 1. The summed E-state index contributed by atoms with van der Waals surface area (Å²) in [5.41, 5.74) is 1.19. The molecular formula is C16H26N2O3S. The maximum absolute atomic E-state index is 12.7. The number of rotatable bonds is 7. The lowest BCUT2D eigenvalue weighted by atomic mass is 10.1. The molecule has 1 amide bonds. The van der Waals surface area contributed by atoms with E-state index in [9.17, 15) is 13.2 Å². The monoisotopic (exact) mass is 326 g/mol. The Labute approximate surface area is 133 Å². The zero-order chi connectivity index (χ0) is 16.9. The Balaban J connectivity index is 3.18. The van der Waals surface area contributed by atoms with Crippen molar-refractivity contribution >= 4 is 21.6 Å². The van der Waals surface area contributed by atoms with Crippen LogP contribution < -0.4 is 5.32 Å². The van der Waals surface area contributed by atoms with E-state index in [1.165, 1.54) is 4.31 Å². The minimum Gasteiger partial charge on any atom is -0.326 e. The van der Waals surface area contributed by atoms with E-state index in [-0.39, 0.29) is 16.7 Å². The van der Waals surface area contributed by atoms with Crippen LogP contribution in [-0.4, -0.2) is 31.7 Å². The molecule has 5 nitrogen and oxygen atoms in total. The van der Waals surface area contributed by atoms with Gasteiger partial charge in [-0.05, 0) is 31.0 Å². The molecule has 1 N–H and O–H groups in total. The second kappa shape index (κ2) is 7.74. The first-order valence-electron chi connectivity index (χ1n) is 7.69. The molecule has 22 heavy (non-hydrogen) atoms. The lowest BCUT2D eigenvalue weighted by Crippen LogP contribution is -2.31. The fraction of sp³-hybridized carbons (Fsp3) is 0.562. The number of carbonyl (C=O) groups is 1. The normalized spacial score (nSPS) is 13.2. The van der Waals surface area contributed by atoms with E-state index in [0.29, 0.717) is 24.3 Å². The average Bonchev–Trinajstić information content (AvgIpc) is 2.48. The topological polar surface area (TPSA) is 66.5 Å². The van der Waals surface area contributed by atoms with Crippen molar-refractivity contribution in [3.05, 3.63) is 23.8 Å². The van der Waals surface area contributed by atoms with Crippen LogP contribution in [0.1, 0.15) is 39.7 Å². The van der Waals surface area contributed by atoms with Gasteiger partial charge in [0, 0.05) is 24.7 Å². The molecule has 0 aliphatic rings.